The molecule has 0 aliphatic rings. The van der Waals surface area contributed by atoms with E-state index in [0.717, 1.165) is 16.9 Å². The van der Waals surface area contributed by atoms with Gasteiger partial charge in [0, 0.05) is 0 Å². The maximum absolute atomic E-state index is 12.4. The highest BCUT2D eigenvalue weighted by Crippen LogP contribution is 2.38. The van der Waals surface area contributed by atoms with Crippen LogP contribution in [0.5, 0.6) is 23.0 Å². The van der Waals surface area contributed by atoms with Crippen LogP contribution in [-0.4, -0.2) is 27.3 Å². The van der Waals surface area contributed by atoms with Gasteiger partial charge in [0.15, 0.2) is 11.5 Å². The van der Waals surface area contributed by atoms with Crippen molar-refractivity contribution in [3.63, 3.8) is 0 Å². The third-order valence-corrected chi connectivity index (χ3v) is 4.43. The lowest BCUT2D eigenvalue weighted by atomic mass is 10.1. The van der Waals surface area contributed by atoms with E-state index in [9.17, 15) is 4.79 Å². The SMILES string of the molecule is COc1cc(COC(=O)c2ccc(COc3ccccc3)cc2)cc(OC)c1OC. The number of hydrogen-bond donors (Lipinski definition) is 0. The molecule has 6 heteroatoms. The first-order chi connectivity index (χ1) is 14.6. The van der Waals surface area contributed by atoms with E-state index < -0.39 is 5.97 Å². The van der Waals surface area contributed by atoms with Gasteiger partial charge in [0.1, 0.15) is 19.0 Å². The molecule has 0 unspecified atom stereocenters. The highest BCUT2D eigenvalue weighted by molar-refractivity contribution is 5.89. The van der Waals surface area contributed by atoms with Crippen LogP contribution in [0.15, 0.2) is 66.7 Å². The zero-order valence-corrected chi connectivity index (χ0v) is 17.2. The van der Waals surface area contributed by atoms with Crippen LogP contribution >= 0.6 is 0 Å². The molecule has 0 aliphatic carbocycles. The Morgan fingerprint density at radius 1 is 0.733 bits per heavy atom. The number of benzene rings is 3. The summed E-state index contributed by atoms with van der Waals surface area (Å²) < 4.78 is 27.1. The van der Waals surface area contributed by atoms with Gasteiger partial charge < -0.3 is 23.7 Å². The van der Waals surface area contributed by atoms with E-state index in [1.54, 1.807) is 24.3 Å². The first-order valence-electron chi connectivity index (χ1n) is 9.37. The molecule has 0 N–H and O–H groups in total. The topological polar surface area (TPSA) is 63.2 Å². The quantitative estimate of drug-likeness (QED) is 0.481. The lowest BCUT2D eigenvalue weighted by Crippen LogP contribution is -2.06. The van der Waals surface area contributed by atoms with Gasteiger partial charge in [-0.3, -0.25) is 0 Å². The van der Waals surface area contributed by atoms with Crippen LogP contribution in [0.3, 0.4) is 0 Å². The van der Waals surface area contributed by atoms with Crippen LogP contribution in [0.2, 0.25) is 0 Å². The fourth-order valence-electron chi connectivity index (χ4n) is 2.87. The first kappa shape index (κ1) is 21.0. The summed E-state index contributed by atoms with van der Waals surface area (Å²) in [6.07, 6.45) is 0. The summed E-state index contributed by atoms with van der Waals surface area (Å²) in [5.41, 5.74) is 2.15. The lowest BCUT2D eigenvalue weighted by Gasteiger charge is -2.14. The zero-order chi connectivity index (χ0) is 21.3. The molecule has 0 atom stereocenters. The molecule has 156 valence electrons. The molecular weight excluding hydrogens is 384 g/mol. The van der Waals surface area contributed by atoms with E-state index in [0.29, 0.717) is 29.4 Å². The van der Waals surface area contributed by atoms with Crippen molar-refractivity contribution in [1.29, 1.82) is 0 Å². The Kier molecular flexibility index (Phi) is 7.16. The number of hydrogen-bond acceptors (Lipinski definition) is 6. The number of para-hydroxylation sites is 1. The van der Waals surface area contributed by atoms with E-state index >= 15 is 0 Å². The molecule has 6 nitrogen and oxygen atoms in total. The second kappa shape index (κ2) is 10.2. The minimum absolute atomic E-state index is 0.0778. The van der Waals surface area contributed by atoms with Gasteiger partial charge >= 0.3 is 5.97 Å². The van der Waals surface area contributed by atoms with E-state index in [4.69, 9.17) is 23.7 Å². The fourth-order valence-corrected chi connectivity index (χ4v) is 2.87. The molecule has 0 bridgehead atoms. The molecule has 0 aromatic heterocycles. The molecule has 30 heavy (non-hydrogen) atoms. The van der Waals surface area contributed by atoms with Gasteiger partial charge in [-0.05, 0) is 47.5 Å². The Bertz CT molecular complexity index is 942. The summed E-state index contributed by atoms with van der Waals surface area (Å²) in [5, 5.41) is 0. The Labute approximate surface area is 175 Å². The molecule has 0 aliphatic heterocycles. The fraction of sp³-hybridized carbons (Fsp3) is 0.208. The van der Waals surface area contributed by atoms with Crippen LogP contribution in [-0.2, 0) is 18.0 Å². The highest BCUT2D eigenvalue weighted by atomic mass is 16.5. The molecule has 0 spiro atoms. The summed E-state index contributed by atoms with van der Waals surface area (Å²) >= 11 is 0. The smallest absolute Gasteiger partial charge is 0.338 e. The van der Waals surface area contributed by atoms with E-state index in [2.05, 4.69) is 0 Å². The molecular formula is C24H24O6. The maximum atomic E-state index is 12.4. The van der Waals surface area contributed by atoms with Gasteiger partial charge in [-0.25, -0.2) is 4.79 Å². The summed E-state index contributed by atoms with van der Waals surface area (Å²) in [6.45, 7) is 0.499. The van der Waals surface area contributed by atoms with Crippen molar-refractivity contribution in [3.8, 4) is 23.0 Å². The molecule has 0 saturated heterocycles. The molecule has 0 amide bonds. The monoisotopic (exact) mass is 408 g/mol. The first-order valence-corrected chi connectivity index (χ1v) is 9.37. The number of ether oxygens (including phenoxy) is 5. The number of carbonyl (C=O) groups is 1. The van der Waals surface area contributed by atoms with Crippen LogP contribution in [0.4, 0.5) is 0 Å². The standard InChI is InChI=1S/C24H24O6/c1-26-21-13-18(14-22(27-2)23(21)28-3)16-30-24(25)19-11-9-17(10-12-19)15-29-20-7-5-4-6-8-20/h4-14H,15-16H2,1-3H3. The largest absolute Gasteiger partial charge is 0.493 e. The zero-order valence-electron chi connectivity index (χ0n) is 17.2. The average Bonchev–Trinajstić information content (AvgIpc) is 2.81. The van der Waals surface area contributed by atoms with Crippen molar-refractivity contribution >= 4 is 5.97 Å². The third kappa shape index (κ3) is 5.23. The lowest BCUT2D eigenvalue weighted by molar-refractivity contribution is 0.0472. The predicted molar refractivity (Wildman–Crippen MR) is 112 cm³/mol. The summed E-state index contributed by atoms with van der Waals surface area (Å²) in [6, 6.07) is 20.2. The maximum Gasteiger partial charge on any atom is 0.338 e. The average molecular weight is 408 g/mol. The van der Waals surface area contributed by atoms with Crippen LogP contribution < -0.4 is 18.9 Å². The van der Waals surface area contributed by atoms with Crippen molar-refractivity contribution in [3.05, 3.63) is 83.4 Å². The Hall–Kier alpha value is -3.67. The minimum Gasteiger partial charge on any atom is -0.493 e. The van der Waals surface area contributed by atoms with Crippen LogP contribution in [0.25, 0.3) is 0 Å². The predicted octanol–water partition coefficient (Wildman–Crippen LogP) is 4.65. The normalized spacial score (nSPS) is 10.2. The second-order valence-electron chi connectivity index (χ2n) is 6.41. The number of methoxy groups -OCH3 is 3. The highest BCUT2D eigenvalue weighted by Gasteiger charge is 2.15. The van der Waals surface area contributed by atoms with Crippen molar-refractivity contribution in [2.24, 2.45) is 0 Å². The third-order valence-electron chi connectivity index (χ3n) is 4.43. The Morgan fingerprint density at radius 3 is 1.93 bits per heavy atom. The molecule has 3 aromatic carbocycles. The Morgan fingerprint density at radius 2 is 1.37 bits per heavy atom. The summed E-state index contributed by atoms with van der Waals surface area (Å²) in [4.78, 5) is 12.4. The van der Waals surface area contributed by atoms with E-state index in [-0.39, 0.29) is 6.61 Å². The van der Waals surface area contributed by atoms with Gasteiger partial charge in [-0.2, -0.15) is 0 Å². The minimum atomic E-state index is -0.417. The molecule has 3 rings (SSSR count). The van der Waals surface area contributed by atoms with Gasteiger partial charge in [0.25, 0.3) is 0 Å². The van der Waals surface area contributed by atoms with Crippen LogP contribution in [0.1, 0.15) is 21.5 Å². The van der Waals surface area contributed by atoms with Crippen molar-refractivity contribution < 1.29 is 28.5 Å². The summed E-state index contributed by atoms with van der Waals surface area (Å²) in [7, 11) is 4.61. The Balaban J connectivity index is 1.59. The van der Waals surface area contributed by atoms with E-state index in [1.165, 1.54) is 21.3 Å². The van der Waals surface area contributed by atoms with Gasteiger partial charge in [-0.1, -0.05) is 30.3 Å². The number of carbonyl (C=O) groups excluding carboxylic acids is 1. The molecule has 0 heterocycles. The second-order valence-corrected chi connectivity index (χ2v) is 6.41. The number of rotatable bonds is 9. The molecule has 3 aromatic rings. The van der Waals surface area contributed by atoms with Gasteiger partial charge in [0.2, 0.25) is 5.75 Å². The van der Waals surface area contributed by atoms with Gasteiger partial charge in [-0.15, -0.1) is 0 Å². The van der Waals surface area contributed by atoms with Crippen molar-refractivity contribution in [1.82, 2.24) is 0 Å². The molecule has 0 saturated carbocycles. The summed E-state index contributed by atoms with van der Waals surface area (Å²) in [5.74, 6) is 1.88. The molecule has 0 radical (unpaired) electrons. The number of esters is 1. The molecule has 0 fully saturated rings. The van der Waals surface area contributed by atoms with Crippen molar-refractivity contribution in [2.45, 2.75) is 13.2 Å². The van der Waals surface area contributed by atoms with Crippen molar-refractivity contribution in [2.75, 3.05) is 21.3 Å². The van der Waals surface area contributed by atoms with E-state index in [1.807, 2.05) is 42.5 Å². The van der Waals surface area contributed by atoms with Gasteiger partial charge in [0.05, 0.1) is 26.9 Å². The van der Waals surface area contributed by atoms with Crippen LogP contribution in [0, 0.1) is 0 Å².